The van der Waals surface area contributed by atoms with Crippen molar-refractivity contribution in [3.8, 4) is 9.88 Å². The minimum Gasteiger partial charge on any atom is -0.317 e. The molecule has 2 aromatic heterocycles. The quantitative estimate of drug-likeness (QED) is 0.827. The molecule has 0 spiro atoms. The van der Waals surface area contributed by atoms with Gasteiger partial charge in [0.2, 0.25) is 0 Å². The molecular weight excluding hydrogens is 274 g/mol. The molecule has 2 rings (SSSR count). The van der Waals surface area contributed by atoms with E-state index in [1.165, 1.54) is 0 Å². The van der Waals surface area contributed by atoms with Crippen LogP contribution in [0.25, 0.3) is 9.88 Å². The molecule has 0 bridgehead atoms. The highest BCUT2D eigenvalue weighted by Gasteiger charge is 2.08. The van der Waals surface area contributed by atoms with Gasteiger partial charge in [-0.1, -0.05) is 29.9 Å². The summed E-state index contributed by atoms with van der Waals surface area (Å²) in [4.78, 5) is 1.10. The van der Waals surface area contributed by atoms with Crippen molar-refractivity contribution in [1.29, 1.82) is 0 Å². The van der Waals surface area contributed by atoms with E-state index >= 15 is 0 Å². The van der Waals surface area contributed by atoms with Crippen molar-refractivity contribution in [2.75, 3.05) is 13.1 Å². The Morgan fingerprint density at radius 3 is 2.88 bits per heavy atom. The topological polar surface area (TPSA) is 37.8 Å². The van der Waals surface area contributed by atoms with E-state index < -0.39 is 0 Å². The first-order chi connectivity index (χ1) is 8.29. The highest BCUT2D eigenvalue weighted by molar-refractivity contribution is 7.23. The SMILES string of the molecule is CCNCCCc1nnc(-c2ccc(Cl)s2)s1. The number of rotatable bonds is 6. The fraction of sp³-hybridized carbons (Fsp3) is 0.455. The highest BCUT2D eigenvalue weighted by Crippen LogP contribution is 2.32. The van der Waals surface area contributed by atoms with Crippen molar-refractivity contribution in [1.82, 2.24) is 15.5 Å². The van der Waals surface area contributed by atoms with E-state index in [0.717, 1.165) is 45.2 Å². The summed E-state index contributed by atoms with van der Waals surface area (Å²) in [6.45, 7) is 4.18. The van der Waals surface area contributed by atoms with Gasteiger partial charge in [-0.3, -0.25) is 0 Å². The number of thiophene rings is 1. The average Bonchev–Trinajstić information content (AvgIpc) is 2.93. The molecule has 0 radical (unpaired) electrons. The number of aromatic nitrogens is 2. The maximum absolute atomic E-state index is 5.90. The second-order valence-corrected chi connectivity index (χ2v) is 6.34. The van der Waals surface area contributed by atoms with Crippen LogP contribution in [-0.2, 0) is 6.42 Å². The molecule has 0 aliphatic rings. The molecule has 0 aromatic carbocycles. The van der Waals surface area contributed by atoms with Crippen molar-refractivity contribution < 1.29 is 0 Å². The second kappa shape index (κ2) is 6.44. The predicted octanol–water partition coefficient (Wildman–Crippen LogP) is 3.46. The van der Waals surface area contributed by atoms with Gasteiger partial charge >= 0.3 is 0 Å². The Kier molecular flexibility index (Phi) is 4.91. The average molecular weight is 288 g/mol. The molecule has 3 nitrogen and oxygen atoms in total. The Hall–Kier alpha value is -0.490. The van der Waals surface area contributed by atoms with Crippen LogP contribution in [0.4, 0.5) is 0 Å². The molecule has 1 N–H and O–H groups in total. The zero-order valence-electron chi connectivity index (χ0n) is 9.57. The van der Waals surface area contributed by atoms with E-state index in [1.807, 2.05) is 12.1 Å². The van der Waals surface area contributed by atoms with Crippen molar-refractivity contribution >= 4 is 34.3 Å². The molecule has 0 unspecified atom stereocenters. The summed E-state index contributed by atoms with van der Waals surface area (Å²) in [7, 11) is 0. The molecule has 0 saturated heterocycles. The summed E-state index contributed by atoms with van der Waals surface area (Å²) in [5.74, 6) is 0. The lowest BCUT2D eigenvalue weighted by molar-refractivity contribution is 0.669. The number of nitrogens with zero attached hydrogens (tertiary/aromatic N) is 2. The number of hydrogen-bond acceptors (Lipinski definition) is 5. The van der Waals surface area contributed by atoms with E-state index in [9.17, 15) is 0 Å². The van der Waals surface area contributed by atoms with Crippen LogP contribution in [0.1, 0.15) is 18.4 Å². The lowest BCUT2D eigenvalue weighted by Crippen LogP contribution is -2.14. The fourth-order valence-electron chi connectivity index (χ4n) is 1.42. The lowest BCUT2D eigenvalue weighted by atomic mass is 10.3. The van der Waals surface area contributed by atoms with E-state index in [2.05, 4.69) is 22.4 Å². The highest BCUT2D eigenvalue weighted by atomic mass is 35.5. The molecular formula is C11H14ClN3S2. The summed E-state index contributed by atoms with van der Waals surface area (Å²) in [6.07, 6.45) is 2.09. The van der Waals surface area contributed by atoms with Crippen molar-refractivity contribution in [3.63, 3.8) is 0 Å². The van der Waals surface area contributed by atoms with Gasteiger partial charge in [-0.25, -0.2) is 0 Å². The third-order valence-corrected chi connectivity index (χ3v) is 4.63. The summed E-state index contributed by atoms with van der Waals surface area (Å²) in [6, 6.07) is 3.89. The number of nitrogens with one attached hydrogen (secondary N) is 1. The van der Waals surface area contributed by atoms with Crippen molar-refractivity contribution in [3.05, 3.63) is 21.5 Å². The molecule has 0 fully saturated rings. The maximum Gasteiger partial charge on any atom is 0.157 e. The van der Waals surface area contributed by atoms with Gasteiger partial charge in [-0.2, -0.15) is 0 Å². The van der Waals surface area contributed by atoms with Gasteiger partial charge in [-0.05, 0) is 31.6 Å². The summed E-state index contributed by atoms with van der Waals surface area (Å²) in [5.41, 5.74) is 0. The Balaban J connectivity index is 1.92. The molecule has 2 heterocycles. The van der Waals surface area contributed by atoms with Gasteiger partial charge < -0.3 is 5.32 Å². The van der Waals surface area contributed by atoms with Crippen LogP contribution in [0, 0.1) is 0 Å². The van der Waals surface area contributed by atoms with Crippen LogP contribution in [0.5, 0.6) is 0 Å². The molecule has 2 aromatic rings. The van der Waals surface area contributed by atoms with Crippen molar-refractivity contribution in [2.24, 2.45) is 0 Å². The summed E-state index contributed by atoms with van der Waals surface area (Å²) in [5, 5.41) is 13.8. The molecule has 17 heavy (non-hydrogen) atoms. The zero-order chi connectivity index (χ0) is 12.1. The first-order valence-corrected chi connectivity index (χ1v) is 7.59. The fourth-order valence-corrected chi connectivity index (χ4v) is 3.40. The number of hydrogen-bond donors (Lipinski definition) is 1. The van der Waals surface area contributed by atoms with Crippen LogP contribution in [0.15, 0.2) is 12.1 Å². The molecule has 0 aliphatic heterocycles. The third-order valence-electron chi connectivity index (χ3n) is 2.25. The van der Waals surface area contributed by atoms with Crippen LogP contribution >= 0.6 is 34.3 Å². The van der Waals surface area contributed by atoms with Crippen LogP contribution < -0.4 is 5.32 Å². The monoisotopic (exact) mass is 287 g/mol. The minimum absolute atomic E-state index is 0.795. The Morgan fingerprint density at radius 2 is 2.18 bits per heavy atom. The van der Waals surface area contributed by atoms with Gasteiger partial charge in [0, 0.05) is 6.42 Å². The standard InChI is InChI=1S/C11H14ClN3S2/c1-2-13-7-3-4-10-14-15-11(17-10)8-5-6-9(12)16-8/h5-6,13H,2-4,7H2,1H3. The minimum atomic E-state index is 0.795. The van der Waals surface area contributed by atoms with Gasteiger partial charge in [0.25, 0.3) is 0 Å². The maximum atomic E-state index is 5.90. The van der Waals surface area contributed by atoms with E-state index in [4.69, 9.17) is 11.6 Å². The second-order valence-electron chi connectivity index (χ2n) is 3.56. The molecule has 0 amide bonds. The Bertz CT molecular complexity index is 467. The molecule has 6 heteroatoms. The van der Waals surface area contributed by atoms with Crippen LogP contribution in [0.2, 0.25) is 4.34 Å². The molecule has 92 valence electrons. The predicted molar refractivity (Wildman–Crippen MR) is 75.1 cm³/mol. The van der Waals surface area contributed by atoms with Gasteiger partial charge in [0.05, 0.1) is 9.21 Å². The van der Waals surface area contributed by atoms with E-state index in [0.29, 0.717) is 0 Å². The van der Waals surface area contributed by atoms with E-state index in [-0.39, 0.29) is 0 Å². The smallest absolute Gasteiger partial charge is 0.157 e. The van der Waals surface area contributed by atoms with Crippen molar-refractivity contribution in [2.45, 2.75) is 19.8 Å². The van der Waals surface area contributed by atoms with Crippen LogP contribution in [-0.4, -0.2) is 23.3 Å². The first-order valence-electron chi connectivity index (χ1n) is 5.58. The Labute approximate surface area is 114 Å². The first kappa shape index (κ1) is 13.0. The number of halogens is 1. The summed E-state index contributed by atoms with van der Waals surface area (Å²) < 4.78 is 0.795. The van der Waals surface area contributed by atoms with Gasteiger partial charge in [-0.15, -0.1) is 21.5 Å². The largest absolute Gasteiger partial charge is 0.317 e. The van der Waals surface area contributed by atoms with Crippen LogP contribution in [0.3, 0.4) is 0 Å². The Morgan fingerprint density at radius 1 is 1.29 bits per heavy atom. The zero-order valence-corrected chi connectivity index (χ0v) is 12.0. The molecule has 0 saturated carbocycles. The summed E-state index contributed by atoms with van der Waals surface area (Å²) >= 11 is 9.11. The molecule has 0 aliphatic carbocycles. The molecule has 0 atom stereocenters. The normalized spacial score (nSPS) is 10.9. The number of aryl methyl sites for hydroxylation is 1. The lowest BCUT2D eigenvalue weighted by Gasteiger charge is -1.97. The van der Waals surface area contributed by atoms with E-state index in [1.54, 1.807) is 22.7 Å². The van der Waals surface area contributed by atoms with Gasteiger partial charge in [0.1, 0.15) is 5.01 Å². The third kappa shape index (κ3) is 3.74. The van der Waals surface area contributed by atoms with Gasteiger partial charge in [0.15, 0.2) is 5.01 Å².